The molecule has 1 aliphatic heterocycles. The Morgan fingerprint density at radius 1 is 1.11 bits per heavy atom. The molecule has 0 atom stereocenters. The van der Waals surface area contributed by atoms with Gasteiger partial charge in [-0.2, -0.15) is 0 Å². The monoisotopic (exact) mass is 371 g/mol. The average molecular weight is 371 g/mol. The molecule has 1 aromatic carbocycles. The highest BCUT2D eigenvalue weighted by molar-refractivity contribution is 14.1. The van der Waals surface area contributed by atoms with Crippen molar-refractivity contribution < 1.29 is 0 Å². The van der Waals surface area contributed by atoms with E-state index in [1.54, 1.807) is 23.7 Å². The van der Waals surface area contributed by atoms with E-state index >= 15 is 0 Å². The molecule has 1 radical (unpaired) electrons. The molecular weight excluding hydrogens is 347 g/mol. The summed E-state index contributed by atoms with van der Waals surface area (Å²) in [6.45, 7) is 2.31. The summed E-state index contributed by atoms with van der Waals surface area (Å²) in [5, 5.41) is 0. The summed E-state index contributed by atoms with van der Waals surface area (Å²) in [6.07, 6.45) is 7.25. The van der Waals surface area contributed by atoms with Crippen LogP contribution in [0.25, 0.3) is 0 Å². The maximum absolute atomic E-state index is 2.39. The van der Waals surface area contributed by atoms with Crippen molar-refractivity contribution >= 4 is 31.4 Å². The lowest BCUT2D eigenvalue weighted by Crippen LogP contribution is -2.20. The number of hydrogen-bond acceptors (Lipinski definition) is 0. The van der Waals surface area contributed by atoms with Crippen LogP contribution in [0.1, 0.15) is 50.5 Å². The van der Waals surface area contributed by atoms with E-state index in [0.717, 1.165) is 5.92 Å². The van der Waals surface area contributed by atoms with E-state index in [2.05, 4.69) is 53.8 Å². The Morgan fingerprint density at radius 2 is 1.78 bits per heavy atom. The van der Waals surface area contributed by atoms with Crippen LogP contribution in [0.3, 0.4) is 0 Å². The summed E-state index contributed by atoms with van der Waals surface area (Å²) in [5.74, 6) is 0.863. The summed E-state index contributed by atoms with van der Waals surface area (Å²) >= 11 is 2.39. The maximum Gasteiger partial charge on any atom is 0.0479 e. The normalized spacial score (nSPS) is 18.1. The van der Waals surface area contributed by atoms with Gasteiger partial charge in [-0.05, 0) is 59.0 Å². The maximum atomic E-state index is 2.39. The van der Waals surface area contributed by atoms with Crippen molar-refractivity contribution in [3.63, 3.8) is 0 Å². The molecular formula is C16H24ISi. The standard InChI is InChI=1S/C16H24ISi/c1-2-3-4-11-18-12-9-15(10-13-18)14-5-7-16(17)8-6-14/h5-8,15H,2-4,9-13H2,1H3. The van der Waals surface area contributed by atoms with Crippen molar-refractivity contribution in [2.45, 2.75) is 63.1 Å². The lowest BCUT2D eigenvalue weighted by molar-refractivity contribution is 0.603. The van der Waals surface area contributed by atoms with Gasteiger partial charge in [-0.3, -0.25) is 0 Å². The van der Waals surface area contributed by atoms with Gasteiger partial charge < -0.3 is 0 Å². The highest BCUT2D eigenvalue weighted by Crippen LogP contribution is 2.35. The summed E-state index contributed by atoms with van der Waals surface area (Å²) in [4.78, 5) is 0. The topological polar surface area (TPSA) is 0 Å². The Balaban J connectivity index is 1.77. The van der Waals surface area contributed by atoms with Crippen molar-refractivity contribution in [2.75, 3.05) is 0 Å². The van der Waals surface area contributed by atoms with Gasteiger partial charge >= 0.3 is 0 Å². The molecule has 0 N–H and O–H groups in total. The van der Waals surface area contributed by atoms with E-state index in [9.17, 15) is 0 Å². The Labute approximate surface area is 127 Å². The van der Waals surface area contributed by atoms with Crippen LogP contribution in [0.5, 0.6) is 0 Å². The molecule has 0 nitrogen and oxygen atoms in total. The SMILES string of the molecule is CCCCC[Si]1CCC(c2ccc(I)cc2)CC1. The third-order valence-corrected chi connectivity index (χ3v) is 7.94. The number of benzene rings is 1. The molecule has 99 valence electrons. The largest absolute Gasteiger partial charge is 0.0654 e. The van der Waals surface area contributed by atoms with Crippen LogP contribution in [0.4, 0.5) is 0 Å². The molecule has 0 aromatic heterocycles. The first kappa shape index (κ1) is 14.6. The van der Waals surface area contributed by atoms with Crippen LogP contribution in [-0.4, -0.2) is 8.80 Å². The minimum absolute atomic E-state index is 0.0304. The molecule has 2 rings (SSSR count). The van der Waals surface area contributed by atoms with Crippen molar-refractivity contribution in [1.82, 2.24) is 0 Å². The van der Waals surface area contributed by atoms with E-state index in [4.69, 9.17) is 0 Å². The second-order valence-corrected chi connectivity index (χ2v) is 9.78. The highest BCUT2D eigenvalue weighted by atomic mass is 127. The van der Waals surface area contributed by atoms with Crippen LogP contribution >= 0.6 is 22.6 Å². The molecule has 0 amide bonds. The predicted molar refractivity (Wildman–Crippen MR) is 90.8 cm³/mol. The first-order chi connectivity index (χ1) is 8.79. The quantitative estimate of drug-likeness (QED) is 0.346. The zero-order valence-corrected chi connectivity index (χ0v) is 14.6. The number of hydrogen-bond donors (Lipinski definition) is 0. The summed E-state index contributed by atoms with van der Waals surface area (Å²) in [5.41, 5.74) is 1.59. The van der Waals surface area contributed by atoms with Gasteiger partial charge in [0.1, 0.15) is 0 Å². The van der Waals surface area contributed by atoms with Gasteiger partial charge in [-0.1, -0.05) is 56.5 Å². The van der Waals surface area contributed by atoms with Gasteiger partial charge in [0.05, 0.1) is 0 Å². The van der Waals surface area contributed by atoms with Crippen molar-refractivity contribution in [1.29, 1.82) is 0 Å². The second-order valence-electron chi connectivity index (χ2n) is 5.53. The average Bonchev–Trinajstić information content (AvgIpc) is 2.41. The fraction of sp³-hybridized carbons (Fsp3) is 0.625. The Bertz CT molecular complexity index is 339. The zero-order chi connectivity index (χ0) is 12.8. The Hall–Kier alpha value is 0.167. The van der Waals surface area contributed by atoms with Gasteiger partial charge in [-0.25, -0.2) is 0 Å². The van der Waals surface area contributed by atoms with Crippen LogP contribution in [0.15, 0.2) is 24.3 Å². The van der Waals surface area contributed by atoms with Crippen LogP contribution in [0.2, 0.25) is 18.1 Å². The van der Waals surface area contributed by atoms with Crippen LogP contribution in [-0.2, 0) is 0 Å². The fourth-order valence-electron chi connectivity index (χ4n) is 2.97. The lowest BCUT2D eigenvalue weighted by Gasteiger charge is -2.27. The molecule has 1 aromatic rings. The fourth-order valence-corrected chi connectivity index (χ4v) is 6.34. The molecule has 1 fully saturated rings. The molecule has 18 heavy (non-hydrogen) atoms. The number of rotatable bonds is 5. The molecule has 0 saturated carbocycles. The summed E-state index contributed by atoms with van der Waals surface area (Å²) < 4.78 is 1.36. The molecule has 0 unspecified atom stereocenters. The van der Waals surface area contributed by atoms with E-state index in [0.29, 0.717) is 0 Å². The van der Waals surface area contributed by atoms with Crippen molar-refractivity contribution in [2.24, 2.45) is 0 Å². The van der Waals surface area contributed by atoms with Crippen molar-refractivity contribution in [3.05, 3.63) is 33.4 Å². The van der Waals surface area contributed by atoms with Crippen LogP contribution < -0.4 is 0 Å². The minimum Gasteiger partial charge on any atom is -0.0654 e. The highest BCUT2D eigenvalue weighted by Gasteiger charge is 2.22. The molecule has 1 heterocycles. The van der Waals surface area contributed by atoms with E-state index in [1.165, 1.54) is 35.7 Å². The second kappa shape index (κ2) is 7.68. The molecule has 1 aliphatic rings. The minimum atomic E-state index is 0.0304. The smallest absolute Gasteiger partial charge is 0.0479 e. The Morgan fingerprint density at radius 3 is 2.39 bits per heavy atom. The first-order valence-electron chi connectivity index (χ1n) is 7.38. The third-order valence-electron chi connectivity index (χ3n) is 4.17. The van der Waals surface area contributed by atoms with Crippen molar-refractivity contribution in [3.8, 4) is 0 Å². The number of halogens is 1. The summed E-state index contributed by atoms with van der Waals surface area (Å²) in [7, 11) is 0.0304. The summed E-state index contributed by atoms with van der Waals surface area (Å²) in [6, 6.07) is 13.9. The molecule has 0 aliphatic carbocycles. The van der Waals surface area contributed by atoms with Gasteiger partial charge in [0.25, 0.3) is 0 Å². The molecule has 0 spiro atoms. The van der Waals surface area contributed by atoms with E-state index in [1.807, 2.05) is 0 Å². The van der Waals surface area contributed by atoms with Gasteiger partial charge in [0.15, 0.2) is 0 Å². The van der Waals surface area contributed by atoms with Gasteiger partial charge in [-0.15, -0.1) is 0 Å². The van der Waals surface area contributed by atoms with E-state index < -0.39 is 0 Å². The van der Waals surface area contributed by atoms with E-state index in [-0.39, 0.29) is 8.80 Å². The van der Waals surface area contributed by atoms with Gasteiger partial charge in [0.2, 0.25) is 0 Å². The number of unbranched alkanes of at least 4 members (excludes halogenated alkanes) is 2. The molecule has 2 heteroatoms. The molecule has 0 bridgehead atoms. The van der Waals surface area contributed by atoms with Gasteiger partial charge in [0, 0.05) is 12.4 Å². The Kier molecular flexibility index (Phi) is 6.22. The lowest BCUT2D eigenvalue weighted by atomic mass is 9.94. The van der Waals surface area contributed by atoms with Crippen LogP contribution in [0, 0.1) is 3.57 Å². The zero-order valence-electron chi connectivity index (χ0n) is 11.4. The first-order valence-corrected chi connectivity index (χ1v) is 10.6. The third kappa shape index (κ3) is 4.37. The molecule has 1 saturated heterocycles. The predicted octanol–water partition coefficient (Wildman–Crippen LogP) is 5.85.